The van der Waals surface area contributed by atoms with Gasteiger partial charge in [0.15, 0.2) is 0 Å². The summed E-state index contributed by atoms with van der Waals surface area (Å²) in [6.07, 6.45) is 0.651. The van der Waals surface area contributed by atoms with Gasteiger partial charge in [-0.1, -0.05) is 18.2 Å². The monoisotopic (exact) mass is 448 g/mol. The number of piperazine rings is 1. The molecule has 2 aromatic carbocycles. The Kier molecular flexibility index (Phi) is 5.76. The molecule has 0 aromatic heterocycles. The van der Waals surface area contributed by atoms with Crippen molar-refractivity contribution in [1.29, 1.82) is 0 Å². The van der Waals surface area contributed by atoms with Gasteiger partial charge in [-0.15, -0.1) is 0 Å². The first kappa shape index (κ1) is 21.5. The van der Waals surface area contributed by atoms with Gasteiger partial charge in [-0.3, -0.25) is 24.6 Å². The SMILES string of the molecule is COc1cccc(N2CCN(Cc3ccc4c(c3)CN(C3CCC(=O)NC3=O)C4=O)CC2)c1. The summed E-state index contributed by atoms with van der Waals surface area (Å²) in [4.78, 5) is 43.0. The molecule has 0 radical (unpaired) electrons. The van der Waals surface area contributed by atoms with Crippen molar-refractivity contribution in [3.8, 4) is 5.75 Å². The summed E-state index contributed by atoms with van der Waals surface area (Å²) in [5.74, 6) is 0.0997. The van der Waals surface area contributed by atoms with Gasteiger partial charge >= 0.3 is 0 Å². The maximum Gasteiger partial charge on any atom is 0.255 e. The molecule has 0 aliphatic carbocycles. The maximum absolute atomic E-state index is 12.9. The molecule has 0 saturated carbocycles. The summed E-state index contributed by atoms with van der Waals surface area (Å²) >= 11 is 0. The quantitative estimate of drug-likeness (QED) is 0.703. The molecule has 8 heteroatoms. The number of hydrogen-bond acceptors (Lipinski definition) is 6. The number of carbonyl (C=O) groups is 3. The van der Waals surface area contributed by atoms with Crippen LogP contribution in [-0.4, -0.2) is 66.9 Å². The number of rotatable bonds is 5. The Morgan fingerprint density at radius 3 is 2.61 bits per heavy atom. The molecule has 1 N–H and O–H groups in total. The second-order valence-corrected chi connectivity index (χ2v) is 8.86. The Morgan fingerprint density at radius 2 is 1.85 bits per heavy atom. The molecular weight excluding hydrogens is 420 g/mol. The fourth-order valence-electron chi connectivity index (χ4n) is 4.96. The predicted molar refractivity (Wildman–Crippen MR) is 123 cm³/mol. The number of nitrogens with zero attached hydrogens (tertiary/aromatic N) is 3. The largest absolute Gasteiger partial charge is 0.497 e. The van der Waals surface area contributed by atoms with Crippen LogP contribution in [0.25, 0.3) is 0 Å². The lowest BCUT2D eigenvalue weighted by molar-refractivity contribution is -0.136. The number of amides is 3. The van der Waals surface area contributed by atoms with E-state index in [9.17, 15) is 14.4 Å². The third kappa shape index (κ3) is 4.30. The van der Waals surface area contributed by atoms with Crippen LogP contribution in [0.5, 0.6) is 5.75 Å². The van der Waals surface area contributed by atoms with Crippen molar-refractivity contribution in [1.82, 2.24) is 15.1 Å². The molecule has 2 saturated heterocycles. The summed E-state index contributed by atoms with van der Waals surface area (Å²) in [6, 6.07) is 13.6. The van der Waals surface area contributed by atoms with Gasteiger partial charge in [0.25, 0.3) is 5.91 Å². The Hall–Kier alpha value is -3.39. The van der Waals surface area contributed by atoms with Gasteiger partial charge in [0.1, 0.15) is 11.8 Å². The number of imide groups is 1. The number of hydrogen-bond donors (Lipinski definition) is 1. The van der Waals surface area contributed by atoms with E-state index < -0.39 is 6.04 Å². The number of anilines is 1. The van der Waals surface area contributed by atoms with Crippen molar-refractivity contribution < 1.29 is 19.1 Å². The van der Waals surface area contributed by atoms with Crippen molar-refractivity contribution in [2.45, 2.75) is 32.0 Å². The fourth-order valence-corrected chi connectivity index (χ4v) is 4.96. The zero-order valence-electron chi connectivity index (χ0n) is 18.8. The van der Waals surface area contributed by atoms with Crippen LogP contribution in [0.1, 0.15) is 34.3 Å². The second kappa shape index (κ2) is 8.86. The topological polar surface area (TPSA) is 82.2 Å². The third-order valence-corrected chi connectivity index (χ3v) is 6.78. The van der Waals surface area contributed by atoms with Crippen molar-refractivity contribution in [2.75, 3.05) is 38.2 Å². The van der Waals surface area contributed by atoms with Crippen LogP contribution < -0.4 is 15.0 Å². The van der Waals surface area contributed by atoms with Crippen LogP contribution in [0.3, 0.4) is 0 Å². The minimum atomic E-state index is -0.573. The van der Waals surface area contributed by atoms with Crippen LogP contribution in [0.15, 0.2) is 42.5 Å². The zero-order chi connectivity index (χ0) is 22.9. The third-order valence-electron chi connectivity index (χ3n) is 6.78. The number of methoxy groups -OCH3 is 1. The van der Waals surface area contributed by atoms with Crippen molar-refractivity contribution in [3.63, 3.8) is 0 Å². The Bertz CT molecular complexity index is 1090. The first-order chi connectivity index (χ1) is 16.0. The predicted octanol–water partition coefficient (Wildman–Crippen LogP) is 1.78. The molecule has 2 aromatic rings. The Labute approximate surface area is 193 Å². The molecule has 33 heavy (non-hydrogen) atoms. The lowest BCUT2D eigenvalue weighted by Gasteiger charge is -2.36. The van der Waals surface area contributed by atoms with E-state index in [1.807, 2.05) is 24.3 Å². The minimum Gasteiger partial charge on any atom is -0.497 e. The molecule has 5 rings (SSSR count). The number of ether oxygens (including phenoxy) is 1. The summed E-state index contributed by atoms with van der Waals surface area (Å²) < 4.78 is 5.35. The molecular formula is C25H28N4O4. The summed E-state index contributed by atoms with van der Waals surface area (Å²) in [6.45, 7) is 5.04. The molecule has 172 valence electrons. The van der Waals surface area contributed by atoms with Gasteiger partial charge in [0, 0.05) is 63.0 Å². The lowest BCUT2D eigenvalue weighted by Crippen LogP contribution is -2.52. The molecule has 8 nitrogen and oxygen atoms in total. The van der Waals surface area contributed by atoms with E-state index in [0.717, 1.165) is 44.0 Å². The highest BCUT2D eigenvalue weighted by molar-refractivity contribution is 6.05. The summed E-state index contributed by atoms with van der Waals surface area (Å²) in [5, 5.41) is 2.35. The highest BCUT2D eigenvalue weighted by Gasteiger charge is 2.39. The molecule has 3 amide bonds. The van der Waals surface area contributed by atoms with Crippen LogP contribution in [0.2, 0.25) is 0 Å². The highest BCUT2D eigenvalue weighted by atomic mass is 16.5. The van der Waals surface area contributed by atoms with E-state index in [1.54, 1.807) is 12.0 Å². The van der Waals surface area contributed by atoms with Gasteiger partial charge in [-0.05, 0) is 35.7 Å². The first-order valence-corrected chi connectivity index (χ1v) is 11.4. The Morgan fingerprint density at radius 1 is 1.03 bits per heavy atom. The molecule has 1 atom stereocenters. The molecule has 2 fully saturated rings. The number of piperidine rings is 1. The van der Waals surface area contributed by atoms with Gasteiger partial charge in [-0.2, -0.15) is 0 Å². The average molecular weight is 449 g/mol. The molecule has 3 aliphatic heterocycles. The van der Waals surface area contributed by atoms with Crippen molar-refractivity contribution >= 4 is 23.4 Å². The average Bonchev–Trinajstić information content (AvgIpc) is 3.15. The first-order valence-electron chi connectivity index (χ1n) is 11.4. The van der Waals surface area contributed by atoms with Crippen molar-refractivity contribution in [3.05, 3.63) is 59.2 Å². The van der Waals surface area contributed by atoms with E-state index in [4.69, 9.17) is 4.74 Å². The van der Waals surface area contributed by atoms with E-state index >= 15 is 0 Å². The normalized spacial score (nSPS) is 21.2. The van der Waals surface area contributed by atoms with Gasteiger partial charge in [0.05, 0.1) is 7.11 Å². The number of carbonyl (C=O) groups excluding carboxylic acids is 3. The van der Waals surface area contributed by atoms with Crippen LogP contribution in [0, 0.1) is 0 Å². The summed E-state index contributed by atoms with van der Waals surface area (Å²) in [5.41, 5.74) is 3.96. The van der Waals surface area contributed by atoms with E-state index in [0.29, 0.717) is 18.5 Å². The minimum absolute atomic E-state index is 0.127. The summed E-state index contributed by atoms with van der Waals surface area (Å²) in [7, 11) is 1.69. The Balaban J connectivity index is 1.20. The van der Waals surface area contributed by atoms with E-state index in [-0.39, 0.29) is 24.1 Å². The molecule has 0 bridgehead atoms. The highest BCUT2D eigenvalue weighted by Crippen LogP contribution is 2.29. The molecule has 1 unspecified atom stereocenters. The second-order valence-electron chi connectivity index (χ2n) is 8.86. The molecule has 3 heterocycles. The van der Waals surface area contributed by atoms with Crippen LogP contribution >= 0.6 is 0 Å². The van der Waals surface area contributed by atoms with Gasteiger partial charge in [0.2, 0.25) is 11.8 Å². The number of benzene rings is 2. The standard InChI is InChI=1S/C25H28N4O4/c1-33-20-4-2-3-19(14-20)28-11-9-27(10-12-28)15-17-5-6-21-18(13-17)16-29(25(21)32)22-7-8-23(30)26-24(22)31/h2-6,13-14,22H,7-12,15-16H2,1H3,(H,26,30,31). The lowest BCUT2D eigenvalue weighted by atomic mass is 10.0. The number of nitrogens with one attached hydrogen (secondary N) is 1. The van der Waals surface area contributed by atoms with Crippen molar-refractivity contribution in [2.24, 2.45) is 0 Å². The zero-order valence-corrected chi connectivity index (χ0v) is 18.8. The molecule has 0 spiro atoms. The maximum atomic E-state index is 12.9. The number of fused-ring (bicyclic) bond motifs is 1. The van der Waals surface area contributed by atoms with Crippen LogP contribution in [0.4, 0.5) is 5.69 Å². The van der Waals surface area contributed by atoms with Gasteiger partial charge < -0.3 is 14.5 Å². The van der Waals surface area contributed by atoms with Gasteiger partial charge in [-0.25, -0.2) is 0 Å². The van der Waals surface area contributed by atoms with Crippen LogP contribution in [-0.2, 0) is 22.7 Å². The fraction of sp³-hybridized carbons (Fsp3) is 0.400. The smallest absolute Gasteiger partial charge is 0.255 e. The van der Waals surface area contributed by atoms with E-state index in [1.165, 1.54) is 11.3 Å². The molecule has 3 aliphatic rings. The van der Waals surface area contributed by atoms with E-state index in [2.05, 4.69) is 33.3 Å².